The maximum atomic E-state index is 12.9. The average molecular weight is 342 g/mol. The molecule has 0 bridgehead atoms. The molecule has 1 saturated heterocycles. The second kappa shape index (κ2) is 7.64. The maximum Gasteiger partial charge on any atom is 0.255 e. The fourth-order valence-corrected chi connectivity index (χ4v) is 3.22. The number of likely N-dealkylation sites (tertiary alicyclic amines) is 1. The summed E-state index contributed by atoms with van der Waals surface area (Å²) in [5, 5.41) is 0. The molecule has 0 radical (unpaired) electrons. The van der Waals surface area contributed by atoms with Crippen molar-refractivity contribution in [2.75, 3.05) is 19.7 Å². The number of carbonyl (C=O) groups excluding carboxylic acids is 1. The van der Waals surface area contributed by atoms with Crippen LogP contribution in [0.25, 0.3) is 0 Å². The standard InChI is InChI=1S/C20H23FN2O2/c1-14-10-15(2)22-11-19(14)20(24)23-9-3-4-16(12-23)13-25-18-7-5-17(21)6-8-18/h5-8,10-11,16H,3-4,9,12-13H2,1-2H3/t16-/m1/s1. The number of piperidine rings is 1. The van der Waals surface area contributed by atoms with Gasteiger partial charge in [0.15, 0.2) is 0 Å². The summed E-state index contributed by atoms with van der Waals surface area (Å²) in [5.41, 5.74) is 2.55. The minimum Gasteiger partial charge on any atom is -0.493 e. The molecule has 0 aliphatic carbocycles. The van der Waals surface area contributed by atoms with Crippen LogP contribution in [0, 0.1) is 25.6 Å². The molecule has 5 heteroatoms. The third-order valence-corrected chi connectivity index (χ3v) is 4.58. The summed E-state index contributed by atoms with van der Waals surface area (Å²) < 4.78 is 18.7. The van der Waals surface area contributed by atoms with E-state index in [0.717, 1.165) is 30.6 Å². The summed E-state index contributed by atoms with van der Waals surface area (Å²) in [6.45, 7) is 5.83. The van der Waals surface area contributed by atoms with Crippen LogP contribution in [0.5, 0.6) is 5.75 Å². The molecule has 1 atom stereocenters. The van der Waals surface area contributed by atoms with Crippen LogP contribution in [0.15, 0.2) is 36.5 Å². The highest BCUT2D eigenvalue weighted by Crippen LogP contribution is 2.21. The predicted molar refractivity (Wildman–Crippen MR) is 94.2 cm³/mol. The first-order chi connectivity index (χ1) is 12.0. The number of halogens is 1. The van der Waals surface area contributed by atoms with Crippen molar-refractivity contribution in [3.05, 3.63) is 59.2 Å². The zero-order chi connectivity index (χ0) is 17.8. The molecule has 2 aromatic rings. The van der Waals surface area contributed by atoms with E-state index in [2.05, 4.69) is 4.98 Å². The number of ether oxygens (including phenoxy) is 1. The highest BCUT2D eigenvalue weighted by molar-refractivity contribution is 5.95. The Morgan fingerprint density at radius 1 is 1.32 bits per heavy atom. The van der Waals surface area contributed by atoms with Crippen molar-refractivity contribution in [2.24, 2.45) is 5.92 Å². The van der Waals surface area contributed by atoms with Crippen LogP contribution in [0.4, 0.5) is 4.39 Å². The van der Waals surface area contributed by atoms with Gasteiger partial charge in [-0.25, -0.2) is 4.39 Å². The second-order valence-corrected chi connectivity index (χ2v) is 6.66. The summed E-state index contributed by atoms with van der Waals surface area (Å²) >= 11 is 0. The fraction of sp³-hybridized carbons (Fsp3) is 0.400. The first-order valence-electron chi connectivity index (χ1n) is 8.64. The molecule has 2 heterocycles. The normalized spacial score (nSPS) is 17.4. The van der Waals surface area contributed by atoms with E-state index >= 15 is 0 Å². The molecule has 25 heavy (non-hydrogen) atoms. The van der Waals surface area contributed by atoms with Crippen molar-refractivity contribution in [1.82, 2.24) is 9.88 Å². The lowest BCUT2D eigenvalue weighted by Crippen LogP contribution is -2.41. The Bertz CT molecular complexity index is 746. The van der Waals surface area contributed by atoms with Crippen molar-refractivity contribution in [3.63, 3.8) is 0 Å². The van der Waals surface area contributed by atoms with Gasteiger partial charge in [0, 0.05) is 30.9 Å². The van der Waals surface area contributed by atoms with Gasteiger partial charge in [-0.3, -0.25) is 9.78 Å². The maximum absolute atomic E-state index is 12.9. The number of benzene rings is 1. The lowest BCUT2D eigenvalue weighted by molar-refractivity contribution is 0.0632. The Labute approximate surface area is 147 Å². The number of aryl methyl sites for hydroxylation is 2. The smallest absolute Gasteiger partial charge is 0.255 e. The Kier molecular flexibility index (Phi) is 5.31. The van der Waals surface area contributed by atoms with Crippen LogP contribution in [0.3, 0.4) is 0 Å². The summed E-state index contributed by atoms with van der Waals surface area (Å²) in [6, 6.07) is 7.97. The minimum atomic E-state index is -0.274. The molecule has 0 spiro atoms. The molecule has 3 rings (SSSR count). The van der Waals surface area contributed by atoms with Crippen molar-refractivity contribution in [2.45, 2.75) is 26.7 Å². The summed E-state index contributed by atoms with van der Waals surface area (Å²) in [4.78, 5) is 18.9. The van der Waals surface area contributed by atoms with Crippen LogP contribution < -0.4 is 4.74 Å². The van der Waals surface area contributed by atoms with Gasteiger partial charge in [-0.2, -0.15) is 0 Å². The molecular weight excluding hydrogens is 319 g/mol. The van der Waals surface area contributed by atoms with Crippen LogP contribution in [0.1, 0.15) is 34.5 Å². The van der Waals surface area contributed by atoms with E-state index in [-0.39, 0.29) is 17.6 Å². The Balaban J connectivity index is 1.60. The highest BCUT2D eigenvalue weighted by Gasteiger charge is 2.26. The van der Waals surface area contributed by atoms with Gasteiger partial charge in [0.05, 0.1) is 12.2 Å². The largest absolute Gasteiger partial charge is 0.493 e. The Morgan fingerprint density at radius 3 is 2.80 bits per heavy atom. The monoisotopic (exact) mass is 342 g/mol. The zero-order valence-electron chi connectivity index (χ0n) is 14.7. The van der Waals surface area contributed by atoms with Crippen molar-refractivity contribution < 1.29 is 13.9 Å². The number of hydrogen-bond acceptors (Lipinski definition) is 3. The molecule has 1 amide bonds. The topological polar surface area (TPSA) is 42.4 Å². The van der Waals surface area contributed by atoms with Gasteiger partial charge in [-0.15, -0.1) is 0 Å². The van der Waals surface area contributed by atoms with Crippen LogP contribution >= 0.6 is 0 Å². The molecule has 0 saturated carbocycles. The molecule has 132 valence electrons. The van der Waals surface area contributed by atoms with Gasteiger partial charge in [0.25, 0.3) is 5.91 Å². The fourth-order valence-electron chi connectivity index (χ4n) is 3.22. The molecule has 0 unspecified atom stereocenters. The van der Waals surface area contributed by atoms with E-state index in [1.165, 1.54) is 12.1 Å². The van der Waals surface area contributed by atoms with E-state index in [0.29, 0.717) is 24.5 Å². The van der Waals surface area contributed by atoms with Gasteiger partial charge < -0.3 is 9.64 Å². The van der Waals surface area contributed by atoms with Crippen LogP contribution in [-0.4, -0.2) is 35.5 Å². The number of carbonyl (C=O) groups is 1. The van der Waals surface area contributed by atoms with Gasteiger partial charge in [0.2, 0.25) is 0 Å². The van der Waals surface area contributed by atoms with E-state index in [4.69, 9.17) is 4.74 Å². The molecule has 1 aromatic carbocycles. The van der Waals surface area contributed by atoms with E-state index in [9.17, 15) is 9.18 Å². The SMILES string of the molecule is Cc1cc(C)c(C(=O)N2CCC[C@@H](COc3ccc(F)cc3)C2)cn1. The van der Waals surface area contributed by atoms with Crippen molar-refractivity contribution in [1.29, 1.82) is 0 Å². The van der Waals surface area contributed by atoms with Crippen molar-refractivity contribution >= 4 is 5.91 Å². The minimum absolute atomic E-state index is 0.0384. The predicted octanol–water partition coefficient (Wildman–Crippen LogP) is 3.77. The molecular formula is C20H23FN2O2. The van der Waals surface area contributed by atoms with Gasteiger partial charge in [0.1, 0.15) is 11.6 Å². The van der Waals surface area contributed by atoms with Crippen LogP contribution in [0.2, 0.25) is 0 Å². The zero-order valence-corrected chi connectivity index (χ0v) is 14.7. The molecule has 1 aliphatic heterocycles. The summed E-state index contributed by atoms with van der Waals surface area (Å²) in [7, 11) is 0. The lowest BCUT2D eigenvalue weighted by Gasteiger charge is -2.33. The number of nitrogens with zero attached hydrogens (tertiary/aromatic N) is 2. The van der Waals surface area contributed by atoms with Gasteiger partial charge in [-0.1, -0.05) is 0 Å². The molecule has 1 aliphatic rings. The number of hydrogen-bond donors (Lipinski definition) is 0. The van der Waals surface area contributed by atoms with E-state index in [1.54, 1.807) is 18.3 Å². The number of aromatic nitrogens is 1. The molecule has 4 nitrogen and oxygen atoms in total. The second-order valence-electron chi connectivity index (χ2n) is 6.66. The Hall–Kier alpha value is -2.43. The molecule has 1 fully saturated rings. The Morgan fingerprint density at radius 2 is 2.08 bits per heavy atom. The number of pyridine rings is 1. The summed E-state index contributed by atoms with van der Waals surface area (Å²) in [6.07, 6.45) is 3.66. The molecule has 0 N–H and O–H groups in total. The van der Waals surface area contributed by atoms with Gasteiger partial charge >= 0.3 is 0 Å². The summed E-state index contributed by atoms with van der Waals surface area (Å²) in [5.74, 6) is 0.699. The van der Waals surface area contributed by atoms with Gasteiger partial charge in [-0.05, 0) is 62.6 Å². The number of rotatable bonds is 4. The van der Waals surface area contributed by atoms with E-state index < -0.39 is 0 Å². The quantitative estimate of drug-likeness (QED) is 0.849. The average Bonchev–Trinajstić information content (AvgIpc) is 2.61. The third-order valence-electron chi connectivity index (χ3n) is 4.58. The number of amides is 1. The molecule has 1 aromatic heterocycles. The van der Waals surface area contributed by atoms with Crippen LogP contribution in [-0.2, 0) is 0 Å². The van der Waals surface area contributed by atoms with Crippen molar-refractivity contribution in [3.8, 4) is 5.75 Å². The first-order valence-corrected chi connectivity index (χ1v) is 8.64. The van der Waals surface area contributed by atoms with E-state index in [1.807, 2.05) is 24.8 Å². The first kappa shape index (κ1) is 17.4. The lowest BCUT2D eigenvalue weighted by atomic mass is 9.98. The highest BCUT2D eigenvalue weighted by atomic mass is 19.1. The third kappa shape index (κ3) is 4.35.